The average Bonchev–Trinajstić information content (AvgIpc) is 2.34. The number of benzene rings is 1. The normalized spacial score (nSPS) is 11.4. The Hall–Kier alpha value is -0.710. The molecule has 0 spiro atoms. The van der Waals surface area contributed by atoms with Gasteiger partial charge in [0.25, 0.3) is 0 Å². The van der Waals surface area contributed by atoms with E-state index < -0.39 is 0 Å². The Bertz CT molecular complexity index is 322. The van der Waals surface area contributed by atoms with Gasteiger partial charge in [0.15, 0.2) is 0 Å². The molecule has 0 saturated heterocycles. The van der Waals surface area contributed by atoms with Crippen molar-refractivity contribution in [2.75, 3.05) is 12.3 Å². The van der Waals surface area contributed by atoms with E-state index in [4.69, 9.17) is 5.73 Å². The van der Waals surface area contributed by atoms with Crippen LogP contribution in [0.1, 0.15) is 13.3 Å². The minimum Gasteiger partial charge on any atom is -0.354 e. The third-order valence-electron chi connectivity index (χ3n) is 2.19. The SMILES string of the molecule is CC[C@H](N)C(=O)NCCSc1ccccc1.Cl. The van der Waals surface area contributed by atoms with Gasteiger partial charge >= 0.3 is 0 Å². The molecular formula is C12H19ClN2OS. The Kier molecular flexibility index (Phi) is 8.94. The molecule has 1 amide bonds. The predicted molar refractivity (Wildman–Crippen MR) is 75.7 cm³/mol. The molecule has 0 fully saturated rings. The van der Waals surface area contributed by atoms with Crippen LogP contribution in [0.25, 0.3) is 0 Å². The number of hydrogen-bond acceptors (Lipinski definition) is 3. The van der Waals surface area contributed by atoms with Crippen LogP contribution >= 0.6 is 24.2 Å². The van der Waals surface area contributed by atoms with Gasteiger partial charge in [0.05, 0.1) is 6.04 Å². The zero-order valence-corrected chi connectivity index (χ0v) is 11.5. The molecule has 96 valence electrons. The van der Waals surface area contributed by atoms with E-state index in [1.807, 2.05) is 25.1 Å². The highest BCUT2D eigenvalue weighted by atomic mass is 35.5. The second-order valence-corrected chi connectivity index (χ2v) is 4.64. The van der Waals surface area contributed by atoms with Crippen molar-refractivity contribution >= 4 is 30.1 Å². The molecule has 1 rings (SSSR count). The van der Waals surface area contributed by atoms with Crippen LogP contribution in [0, 0.1) is 0 Å². The lowest BCUT2D eigenvalue weighted by atomic mass is 10.2. The summed E-state index contributed by atoms with van der Waals surface area (Å²) in [5.41, 5.74) is 5.59. The first-order valence-corrected chi connectivity index (χ1v) is 6.43. The summed E-state index contributed by atoms with van der Waals surface area (Å²) in [5, 5.41) is 2.82. The molecule has 0 aromatic heterocycles. The van der Waals surface area contributed by atoms with Gasteiger partial charge in [0.1, 0.15) is 0 Å². The number of nitrogens with two attached hydrogens (primary N) is 1. The topological polar surface area (TPSA) is 55.1 Å². The Balaban J connectivity index is 0.00000256. The van der Waals surface area contributed by atoms with Crippen LogP contribution in [0.2, 0.25) is 0 Å². The summed E-state index contributed by atoms with van der Waals surface area (Å²) in [5.74, 6) is 0.808. The standard InChI is InChI=1S/C12H18N2OS.ClH/c1-2-11(13)12(15)14-8-9-16-10-6-4-3-5-7-10;/h3-7,11H,2,8-9,13H2,1H3,(H,14,15);1H/t11-;/m0./s1. The van der Waals surface area contributed by atoms with Gasteiger partial charge in [-0.3, -0.25) is 4.79 Å². The number of nitrogens with one attached hydrogen (secondary N) is 1. The van der Waals surface area contributed by atoms with Crippen LogP contribution in [0.15, 0.2) is 35.2 Å². The molecule has 0 aliphatic carbocycles. The average molecular weight is 275 g/mol. The Morgan fingerprint density at radius 3 is 2.65 bits per heavy atom. The van der Waals surface area contributed by atoms with Crippen LogP contribution in [-0.2, 0) is 4.79 Å². The van der Waals surface area contributed by atoms with Crippen LogP contribution < -0.4 is 11.1 Å². The molecule has 0 bridgehead atoms. The highest BCUT2D eigenvalue weighted by Crippen LogP contribution is 2.15. The molecule has 0 heterocycles. The molecule has 17 heavy (non-hydrogen) atoms. The van der Waals surface area contributed by atoms with Gasteiger partial charge in [-0.25, -0.2) is 0 Å². The van der Waals surface area contributed by atoms with Crippen molar-refractivity contribution in [1.82, 2.24) is 5.32 Å². The molecule has 0 unspecified atom stereocenters. The molecule has 3 N–H and O–H groups in total. The van der Waals surface area contributed by atoms with Crippen LogP contribution in [0.3, 0.4) is 0 Å². The summed E-state index contributed by atoms with van der Waals surface area (Å²) in [6, 6.07) is 9.75. The fourth-order valence-electron chi connectivity index (χ4n) is 1.18. The largest absolute Gasteiger partial charge is 0.354 e. The molecule has 0 aliphatic heterocycles. The first kappa shape index (κ1) is 16.3. The van der Waals surface area contributed by atoms with Crippen molar-refractivity contribution < 1.29 is 4.79 Å². The monoisotopic (exact) mass is 274 g/mol. The smallest absolute Gasteiger partial charge is 0.236 e. The maximum Gasteiger partial charge on any atom is 0.236 e. The molecule has 1 aromatic rings. The number of carbonyl (C=O) groups is 1. The van der Waals surface area contributed by atoms with Crippen LogP contribution in [0.5, 0.6) is 0 Å². The summed E-state index contributed by atoms with van der Waals surface area (Å²) >= 11 is 1.73. The third kappa shape index (κ3) is 6.56. The van der Waals surface area contributed by atoms with Crippen molar-refractivity contribution in [2.24, 2.45) is 5.73 Å². The fraction of sp³-hybridized carbons (Fsp3) is 0.417. The summed E-state index contributed by atoms with van der Waals surface area (Å²) in [7, 11) is 0. The van der Waals surface area contributed by atoms with Crippen molar-refractivity contribution in [3.8, 4) is 0 Å². The highest BCUT2D eigenvalue weighted by molar-refractivity contribution is 7.99. The van der Waals surface area contributed by atoms with Crippen LogP contribution in [0.4, 0.5) is 0 Å². The third-order valence-corrected chi connectivity index (χ3v) is 3.20. The van der Waals surface area contributed by atoms with Gasteiger partial charge in [-0.1, -0.05) is 25.1 Å². The van der Waals surface area contributed by atoms with Gasteiger partial charge in [-0.05, 0) is 18.6 Å². The lowest BCUT2D eigenvalue weighted by Gasteiger charge is -2.09. The van der Waals surface area contributed by atoms with Crippen molar-refractivity contribution in [2.45, 2.75) is 24.3 Å². The zero-order valence-electron chi connectivity index (χ0n) is 9.89. The molecule has 1 atom stereocenters. The molecular weight excluding hydrogens is 256 g/mol. The van der Waals surface area contributed by atoms with E-state index in [9.17, 15) is 4.79 Å². The molecule has 5 heteroatoms. The lowest BCUT2D eigenvalue weighted by molar-refractivity contribution is -0.122. The molecule has 0 radical (unpaired) electrons. The molecule has 0 aliphatic rings. The van der Waals surface area contributed by atoms with Gasteiger partial charge in [-0.2, -0.15) is 0 Å². The Morgan fingerprint density at radius 1 is 1.41 bits per heavy atom. The maximum absolute atomic E-state index is 11.3. The van der Waals surface area contributed by atoms with Gasteiger partial charge in [0.2, 0.25) is 5.91 Å². The summed E-state index contributed by atoms with van der Waals surface area (Å²) < 4.78 is 0. The van der Waals surface area contributed by atoms with Crippen LogP contribution in [-0.4, -0.2) is 24.2 Å². The van der Waals surface area contributed by atoms with E-state index in [1.54, 1.807) is 11.8 Å². The number of hydrogen-bond donors (Lipinski definition) is 2. The summed E-state index contributed by atoms with van der Waals surface area (Å²) in [6.45, 7) is 2.56. The van der Waals surface area contributed by atoms with E-state index in [0.29, 0.717) is 13.0 Å². The number of halogens is 1. The van der Waals surface area contributed by atoms with E-state index in [-0.39, 0.29) is 24.4 Å². The molecule has 1 aromatic carbocycles. The van der Waals surface area contributed by atoms with Gasteiger partial charge < -0.3 is 11.1 Å². The first-order chi connectivity index (χ1) is 7.74. The Labute approximate surface area is 113 Å². The molecule has 3 nitrogen and oxygen atoms in total. The van der Waals surface area contributed by atoms with Crippen molar-refractivity contribution in [3.05, 3.63) is 30.3 Å². The lowest BCUT2D eigenvalue weighted by Crippen LogP contribution is -2.40. The number of thioether (sulfide) groups is 1. The van der Waals surface area contributed by atoms with Crippen molar-refractivity contribution in [1.29, 1.82) is 0 Å². The van der Waals surface area contributed by atoms with E-state index >= 15 is 0 Å². The number of rotatable bonds is 6. The predicted octanol–water partition coefficient (Wildman–Crippen LogP) is 2.05. The minimum atomic E-state index is -0.373. The van der Waals surface area contributed by atoms with E-state index in [0.717, 1.165) is 5.75 Å². The summed E-state index contributed by atoms with van der Waals surface area (Å²) in [4.78, 5) is 12.6. The van der Waals surface area contributed by atoms with Gasteiger partial charge in [-0.15, -0.1) is 24.2 Å². The number of amides is 1. The first-order valence-electron chi connectivity index (χ1n) is 5.45. The van der Waals surface area contributed by atoms with E-state index in [2.05, 4.69) is 17.4 Å². The quantitative estimate of drug-likeness (QED) is 0.617. The highest BCUT2D eigenvalue weighted by Gasteiger charge is 2.08. The summed E-state index contributed by atoms with van der Waals surface area (Å²) in [6.07, 6.45) is 0.678. The minimum absolute atomic E-state index is 0. The molecule has 0 saturated carbocycles. The fourth-order valence-corrected chi connectivity index (χ4v) is 1.97. The van der Waals surface area contributed by atoms with Gasteiger partial charge in [0, 0.05) is 17.2 Å². The van der Waals surface area contributed by atoms with E-state index in [1.165, 1.54) is 4.90 Å². The second-order valence-electron chi connectivity index (χ2n) is 3.47. The Morgan fingerprint density at radius 2 is 2.06 bits per heavy atom. The zero-order chi connectivity index (χ0) is 11.8. The van der Waals surface area contributed by atoms with Crippen molar-refractivity contribution in [3.63, 3.8) is 0 Å². The second kappa shape index (κ2) is 9.33. The maximum atomic E-state index is 11.3. The number of carbonyl (C=O) groups excluding carboxylic acids is 1.